The molecule has 3 rings (SSSR count). The van der Waals surface area contributed by atoms with E-state index < -0.39 is 0 Å². The SMILES string of the molecule is C[C@@H](NC(=O)COc1ccccc1O)[C@H]1C[C@@H]2CC[C@@H]1C2. The van der Waals surface area contributed by atoms with Gasteiger partial charge in [0.05, 0.1) is 0 Å². The molecule has 1 amide bonds. The number of nitrogens with one attached hydrogen (secondary N) is 1. The van der Waals surface area contributed by atoms with Crippen LogP contribution in [0.3, 0.4) is 0 Å². The molecule has 2 bridgehead atoms. The summed E-state index contributed by atoms with van der Waals surface area (Å²) in [6.07, 6.45) is 5.30. The number of phenolic OH excluding ortho intramolecular Hbond substituents is 1. The summed E-state index contributed by atoms with van der Waals surface area (Å²) >= 11 is 0. The van der Waals surface area contributed by atoms with E-state index in [1.807, 2.05) is 0 Å². The minimum Gasteiger partial charge on any atom is -0.504 e. The lowest BCUT2D eigenvalue weighted by Crippen LogP contribution is -2.42. The zero-order valence-electron chi connectivity index (χ0n) is 12.4. The third-order valence-electron chi connectivity index (χ3n) is 5.05. The average Bonchev–Trinajstić information content (AvgIpc) is 3.09. The fraction of sp³-hybridized carbons (Fsp3) is 0.588. The number of rotatable bonds is 5. The zero-order chi connectivity index (χ0) is 14.8. The molecule has 0 unspecified atom stereocenters. The summed E-state index contributed by atoms with van der Waals surface area (Å²) < 4.78 is 5.36. The number of aromatic hydroxyl groups is 1. The summed E-state index contributed by atoms with van der Waals surface area (Å²) in [7, 11) is 0. The van der Waals surface area contributed by atoms with Crippen molar-refractivity contribution >= 4 is 5.91 Å². The number of amides is 1. The van der Waals surface area contributed by atoms with Crippen LogP contribution in [-0.2, 0) is 4.79 Å². The number of fused-ring (bicyclic) bond motifs is 2. The summed E-state index contributed by atoms with van der Waals surface area (Å²) in [6, 6.07) is 6.90. The lowest BCUT2D eigenvalue weighted by Gasteiger charge is -2.28. The summed E-state index contributed by atoms with van der Waals surface area (Å²) in [5.74, 6) is 2.60. The van der Waals surface area contributed by atoms with Gasteiger partial charge in [-0.3, -0.25) is 4.79 Å². The fourth-order valence-corrected chi connectivity index (χ4v) is 4.03. The molecule has 2 fully saturated rings. The van der Waals surface area contributed by atoms with Gasteiger partial charge < -0.3 is 15.2 Å². The van der Waals surface area contributed by atoms with Crippen LogP contribution in [0.5, 0.6) is 11.5 Å². The van der Waals surface area contributed by atoms with Crippen LogP contribution < -0.4 is 10.1 Å². The van der Waals surface area contributed by atoms with Gasteiger partial charge in [0, 0.05) is 6.04 Å². The topological polar surface area (TPSA) is 58.6 Å². The number of hydrogen-bond acceptors (Lipinski definition) is 3. The van der Waals surface area contributed by atoms with E-state index in [2.05, 4.69) is 12.2 Å². The molecule has 1 aromatic rings. The van der Waals surface area contributed by atoms with E-state index in [4.69, 9.17) is 4.74 Å². The van der Waals surface area contributed by atoms with Crippen LogP contribution in [0.1, 0.15) is 32.6 Å². The largest absolute Gasteiger partial charge is 0.504 e. The van der Waals surface area contributed by atoms with Gasteiger partial charge in [0.1, 0.15) is 0 Å². The Balaban J connectivity index is 1.47. The van der Waals surface area contributed by atoms with E-state index in [0.717, 1.165) is 11.8 Å². The van der Waals surface area contributed by atoms with Crippen LogP contribution in [-0.4, -0.2) is 23.7 Å². The van der Waals surface area contributed by atoms with Crippen molar-refractivity contribution in [3.8, 4) is 11.5 Å². The maximum Gasteiger partial charge on any atom is 0.258 e. The minimum absolute atomic E-state index is 0.0528. The molecule has 0 aromatic heterocycles. The smallest absolute Gasteiger partial charge is 0.258 e. The Morgan fingerprint density at radius 2 is 2.19 bits per heavy atom. The second-order valence-corrected chi connectivity index (χ2v) is 6.45. The van der Waals surface area contributed by atoms with Crippen molar-refractivity contribution in [2.75, 3.05) is 6.61 Å². The minimum atomic E-state index is -0.117. The van der Waals surface area contributed by atoms with Crippen molar-refractivity contribution in [1.29, 1.82) is 0 Å². The molecule has 2 aliphatic rings. The number of carbonyl (C=O) groups is 1. The standard InChI is InChI=1S/C17H23NO3/c1-11(14-9-12-6-7-13(14)8-12)18-17(20)10-21-16-5-3-2-4-15(16)19/h2-5,11-14,19H,6-10H2,1H3,(H,18,20)/t11-,12-,13-,14-/m1/s1. The first-order chi connectivity index (χ1) is 10.1. The van der Waals surface area contributed by atoms with Crippen LogP contribution in [0.4, 0.5) is 0 Å². The molecular formula is C17H23NO3. The molecule has 2 aliphatic carbocycles. The van der Waals surface area contributed by atoms with E-state index in [0.29, 0.717) is 11.7 Å². The van der Waals surface area contributed by atoms with Gasteiger partial charge >= 0.3 is 0 Å². The Kier molecular flexibility index (Phi) is 4.04. The first kappa shape index (κ1) is 14.2. The molecule has 2 saturated carbocycles. The number of benzene rings is 1. The van der Waals surface area contributed by atoms with E-state index in [1.165, 1.54) is 25.7 Å². The highest BCUT2D eigenvalue weighted by molar-refractivity contribution is 5.77. The Bertz CT molecular complexity index is 517. The molecule has 21 heavy (non-hydrogen) atoms. The quantitative estimate of drug-likeness (QED) is 0.876. The molecule has 4 atom stereocenters. The molecular weight excluding hydrogens is 266 g/mol. The van der Waals surface area contributed by atoms with Crippen LogP contribution in [0.2, 0.25) is 0 Å². The number of phenols is 1. The van der Waals surface area contributed by atoms with Crippen LogP contribution >= 0.6 is 0 Å². The van der Waals surface area contributed by atoms with E-state index in [-0.39, 0.29) is 24.3 Å². The molecule has 1 aromatic carbocycles. The second kappa shape index (κ2) is 5.96. The van der Waals surface area contributed by atoms with Gasteiger partial charge in [0.25, 0.3) is 5.91 Å². The molecule has 4 heteroatoms. The Hall–Kier alpha value is -1.71. The highest BCUT2D eigenvalue weighted by Crippen LogP contribution is 2.49. The first-order valence-electron chi connectivity index (χ1n) is 7.83. The summed E-state index contributed by atoms with van der Waals surface area (Å²) in [6.45, 7) is 2.05. The maximum atomic E-state index is 12.0. The Morgan fingerprint density at radius 3 is 2.86 bits per heavy atom. The number of para-hydroxylation sites is 2. The van der Waals surface area contributed by atoms with Gasteiger partial charge in [0.15, 0.2) is 18.1 Å². The predicted octanol–water partition coefficient (Wildman–Crippen LogP) is 2.71. The molecule has 4 nitrogen and oxygen atoms in total. The number of carbonyl (C=O) groups excluding carboxylic acids is 1. The lowest BCUT2D eigenvalue weighted by molar-refractivity contribution is -0.124. The van der Waals surface area contributed by atoms with Crippen LogP contribution in [0, 0.1) is 17.8 Å². The molecule has 0 aliphatic heterocycles. The van der Waals surface area contributed by atoms with E-state index in [1.54, 1.807) is 24.3 Å². The Labute approximate surface area is 125 Å². The summed E-state index contributed by atoms with van der Waals surface area (Å²) in [4.78, 5) is 12.0. The van der Waals surface area contributed by atoms with Gasteiger partial charge in [-0.05, 0) is 56.1 Å². The van der Waals surface area contributed by atoms with Crippen molar-refractivity contribution in [1.82, 2.24) is 5.32 Å². The first-order valence-corrected chi connectivity index (χ1v) is 7.83. The normalized spacial score (nSPS) is 28.3. The molecule has 0 spiro atoms. The van der Waals surface area contributed by atoms with Gasteiger partial charge in [-0.2, -0.15) is 0 Å². The molecule has 0 radical (unpaired) electrons. The van der Waals surface area contributed by atoms with Gasteiger partial charge in [-0.25, -0.2) is 0 Å². The molecule has 0 saturated heterocycles. The molecule has 114 valence electrons. The predicted molar refractivity (Wildman–Crippen MR) is 80.1 cm³/mol. The lowest BCUT2D eigenvalue weighted by atomic mass is 9.84. The maximum absolute atomic E-state index is 12.0. The van der Waals surface area contributed by atoms with Gasteiger partial charge in [-0.15, -0.1) is 0 Å². The van der Waals surface area contributed by atoms with Crippen molar-refractivity contribution in [2.24, 2.45) is 17.8 Å². The van der Waals surface area contributed by atoms with Crippen molar-refractivity contribution in [2.45, 2.75) is 38.6 Å². The number of hydrogen-bond donors (Lipinski definition) is 2. The third kappa shape index (κ3) is 3.14. The number of ether oxygens (including phenoxy) is 1. The Morgan fingerprint density at radius 1 is 1.38 bits per heavy atom. The van der Waals surface area contributed by atoms with E-state index >= 15 is 0 Å². The van der Waals surface area contributed by atoms with Crippen molar-refractivity contribution in [3.63, 3.8) is 0 Å². The van der Waals surface area contributed by atoms with Crippen LogP contribution in [0.25, 0.3) is 0 Å². The van der Waals surface area contributed by atoms with Gasteiger partial charge in [-0.1, -0.05) is 18.6 Å². The monoisotopic (exact) mass is 289 g/mol. The van der Waals surface area contributed by atoms with Crippen molar-refractivity contribution in [3.05, 3.63) is 24.3 Å². The summed E-state index contributed by atoms with van der Waals surface area (Å²) in [5.41, 5.74) is 0. The average molecular weight is 289 g/mol. The molecule has 2 N–H and O–H groups in total. The molecule has 0 heterocycles. The van der Waals surface area contributed by atoms with E-state index in [9.17, 15) is 9.90 Å². The summed E-state index contributed by atoms with van der Waals surface area (Å²) in [5, 5.41) is 12.6. The highest BCUT2D eigenvalue weighted by Gasteiger charge is 2.42. The zero-order valence-corrected chi connectivity index (χ0v) is 12.4. The third-order valence-corrected chi connectivity index (χ3v) is 5.05. The van der Waals surface area contributed by atoms with Crippen LogP contribution in [0.15, 0.2) is 24.3 Å². The van der Waals surface area contributed by atoms with Gasteiger partial charge in [0.2, 0.25) is 0 Å². The fourth-order valence-electron chi connectivity index (χ4n) is 4.03. The van der Waals surface area contributed by atoms with Crippen molar-refractivity contribution < 1.29 is 14.6 Å². The highest BCUT2D eigenvalue weighted by atomic mass is 16.5. The second-order valence-electron chi connectivity index (χ2n) is 6.45.